The Morgan fingerprint density at radius 3 is 2.47 bits per heavy atom. The Morgan fingerprint density at radius 1 is 1.09 bits per heavy atom. The summed E-state index contributed by atoms with van der Waals surface area (Å²) in [6, 6.07) is 9.59. The molecule has 2 atom stereocenters. The summed E-state index contributed by atoms with van der Waals surface area (Å²) in [5.41, 5.74) is 1.47. The molecule has 32 heavy (non-hydrogen) atoms. The van der Waals surface area contributed by atoms with Crippen LogP contribution < -0.4 is 14.6 Å². The van der Waals surface area contributed by atoms with Crippen molar-refractivity contribution in [3.05, 3.63) is 52.3 Å². The molecule has 0 saturated carbocycles. The van der Waals surface area contributed by atoms with Crippen molar-refractivity contribution in [2.45, 2.75) is 11.4 Å². The number of alkyl halides is 1. The Morgan fingerprint density at radius 2 is 1.81 bits per heavy atom. The predicted molar refractivity (Wildman–Crippen MR) is 127 cm³/mol. The Hall–Kier alpha value is -1.77. The van der Waals surface area contributed by atoms with E-state index < -0.39 is 11.2 Å². The maximum Gasteiger partial charge on any atom is 0.261 e. The minimum Gasteiger partial charge on any atom is -0.495 e. The number of halogens is 4. The summed E-state index contributed by atoms with van der Waals surface area (Å²) in [6.45, 7) is 3.83. The van der Waals surface area contributed by atoms with Gasteiger partial charge in [-0.05, 0) is 36.4 Å². The van der Waals surface area contributed by atoms with Gasteiger partial charge in [0.15, 0.2) is 0 Å². The van der Waals surface area contributed by atoms with Gasteiger partial charge in [0.1, 0.15) is 16.9 Å². The number of rotatable bonds is 5. The molecule has 2 aromatic carbocycles. The average molecular weight is 502 g/mol. The number of hydrogen-bond donors (Lipinski definition) is 0. The van der Waals surface area contributed by atoms with E-state index in [0.717, 1.165) is 37.6 Å². The number of methoxy groups -OCH3 is 1. The SMILES string of the molecule is COc1ccc(Cl)cc1N1CCN(CC2C(Cl)C(=O)N(c3ccc(F)c(Cl)c3)N2C)CC1. The molecular weight excluding hydrogens is 478 g/mol. The highest BCUT2D eigenvalue weighted by Crippen LogP contribution is 2.34. The first kappa shape index (κ1) is 23.4. The molecule has 2 saturated heterocycles. The maximum atomic E-state index is 13.6. The van der Waals surface area contributed by atoms with Crippen molar-refractivity contribution in [3.63, 3.8) is 0 Å². The third kappa shape index (κ3) is 4.50. The van der Waals surface area contributed by atoms with Crippen LogP contribution in [0.15, 0.2) is 36.4 Å². The van der Waals surface area contributed by atoms with Gasteiger partial charge in [-0.1, -0.05) is 23.2 Å². The molecule has 0 bridgehead atoms. The molecule has 0 aromatic heterocycles. The molecule has 10 heteroatoms. The highest BCUT2D eigenvalue weighted by atomic mass is 35.5. The van der Waals surface area contributed by atoms with Crippen LogP contribution in [-0.4, -0.2) is 74.1 Å². The first-order chi connectivity index (χ1) is 15.3. The molecule has 0 radical (unpaired) electrons. The molecule has 2 fully saturated rings. The van der Waals surface area contributed by atoms with E-state index in [0.29, 0.717) is 17.3 Å². The number of benzene rings is 2. The summed E-state index contributed by atoms with van der Waals surface area (Å²) in [7, 11) is 3.46. The van der Waals surface area contributed by atoms with Gasteiger partial charge in [0.05, 0.1) is 29.5 Å². The zero-order chi connectivity index (χ0) is 23.0. The number of anilines is 2. The summed E-state index contributed by atoms with van der Waals surface area (Å²) >= 11 is 18.6. The van der Waals surface area contributed by atoms with E-state index in [1.165, 1.54) is 23.2 Å². The van der Waals surface area contributed by atoms with Gasteiger partial charge in [-0.2, -0.15) is 0 Å². The van der Waals surface area contributed by atoms with E-state index in [9.17, 15) is 9.18 Å². The second-order valence-electron chi connectivity index (χ2n) is 7.90. The van der Waals surface area contributed by atoms with Crippen molar-refractivity contribution in [2.24, 2.45) is 0 Å². The molecule has 4 rings (SSSR count). The van der Waals surface area contributed by atoms with Crippen molar-refractivity contribution in [1.29, 1.82) is 0 Å². The largest absolute Gasteiger partial charge is 0.495 e. The smallest absolute Gasteiger partial charge is 0.261 e. The van der Waals surface area contributed by atoms with Crippen LogP contribution in [0.4, 0.5) is 15.8 Å². The zero-order valence-electron chi connectivity index (χ0n) is 17.8. The lowest BCUT2D eigenvalue weighted by Gasteiger charge is -2.39. The van der Waals surface area contributed by atoms with E-state index in [2.05, 4.69) is 9.80 Å². The fourth-order valence-electron chi connectivity index (χ4n) is 4.26. The molecule has 1 amide bonds. The lowest BCUT2D eigenvalue weighted by atomic mass is 10.1. The molecule has 2 aliphatic rings. The maximum absolute atomic E-state index is 13.6. The molecule has 2 unspecified atom stereocenters. The number of carbonyl (C=O) groups excluding carboxylic acids is 1. The Bertz CT molecular complexity index is 1000. The van der Waals surface area contributed by atoms with Gasteiger partial charge >= 0.3 is 0 Å². The van der Waals surface area contributed by atoms with Crippen LogP contribution >= 0.6 is 34.8 Å². The molecule has 2 aliphatic heterocycles. The monoisotopic (exact) mass is 500 g/mol. The Kier molecular flexibility index (Phi) is 7.03. The minimum absolute atomic E-state index is 0.0363. The average Bonchev–Trinajstić information content (AvgIpc) is 2.99. The predicted octanol–water partition coefficient (Wildman–Crippen LogP) is 4.13. The van der Waals surface area contributed by atoms with Crippen LogP contribution in [0.1, 0.15) is 0 Å². The molecule has 6 nitrogen and oxygen atoms in total. The van der Waals surface area contributed by atoms with Crippen LogP contribution in [0.3, 0.4) is 0 Å². The van der Waals surface area contributed by atoms with Crippen molar-refractivity contribution < 1.29 is 13.9 Å². The molecule has 172 valence electrons. The van der Waals surface area contributed by atoms with Crippen molar-refractivity contribution in [1.82, 2.24) is 9.91 Å². The fraction of sp³-hybridized carbons (Fsp3) is 0.409. The van der Waals surface area contributed by atoms with E-state index in [4.69, 9.17) is 39.5 Å². The van der Waals surface area contributed by atoms with E-state index in [1.54, 1.807) is 7.11 Å². The van der Waals surface area contributed by atoms with Crippen LogP contribution in [0.5, 0.6) is 5.75 Å². The van der Waals surface area contributed by atoms with Crippen molar-refractivity contribution in [2.75, 3.05) is 56.8 Å². The van der Waals surface area contributed by atoms with E-state index >= 15 is 0 Å². The third-order valence-electron chi connectivity index (χ3n) is 6.02. The molecule has 2 heterocycles. The molecule has 0 N–H and O–H groups in total. The van der Waals surface area contributed by atoms with Gasteiger partial charge < -0.3 is 9.64 Å². The second-order valence-corrected chi connectivity index (χ2v) is 9.21. The van der Waals surface area contributed by atoms with Crippen molar-refractivity contribution in [3.8, 4) is 5.75 Å². The van der Waals surface area contributed by atoms with Gasteiger partial charge in [-0.25, -0.2) is 14.4 Å². The summed E-state index contributed by atoms with van der Waals surface area (Å²) < 4.78 is 19.0. The molecule has 2 aromatic rings. The summed E-state index contributed by atoms with van der Waals surface area (Å²) in [6.07, 6.45) is 0. The number of ether oxygens (including phenoxy) is 1. The molecule has 0 aliphatic carbocycles. The first-order valence-electron chi connectivity index (χ1n) is 10.3. The number of hydrazine groups is 1. The van der Waals surface area contributed by atoms with Crippen LogP contribution in [0, 0.1) is 5.82 Å². The number of piperazine rings is 1. The van der Waals surface area contributed by atoms with Gasteiger partial charge in [0.2, 0.25) is 0 Å². The number of likely N-dealkylation sites (N-methyl/N-ethyl adjacent to an activating group) is 1. The number of amides is 1. The summed E-state index contributed by atoms with van der Waals surface area (Å²) in [5, 5.41) is 3.21. The van der Waals surface area contributed by atoms with Gasteiger partial charge in [-0.3, -0.25) is 9.69 Å². The highest BCUT2D eigenvalue weighted by Gasteiger charge is 2.45. The van der Waals surface area contributed by atoms with E-state index in [1.807, 2.05) is 30.3 Å². The molecule has 0 spiro atoms. The van der Waals surface area contributed by atoms with Crippen LogP contribution in [0.2, 0.25) is 10.0 Å². The van der Waals surface area contributed by atoms with Gasteiger partial charge in [0, 0.05) is 44.8 Å². The third-order valence-corrected chi connectivity index (χ3v) is 7.03. The summed E-state index contributed by atoms with van der Waals surface area (Å²) in [5.74, 6) is 0.0143. The standard InChI is InChI=1S/C22H24Cl3FN4O2/c1-27-19(21(25)22(31)30(27)15-4-5-17(26)16(24)12-15)13-28-7-9-29(10-8-28)18-11-14(23)3-6-20(18)32-2/h3-6,11-12,19,21H,7-10,13H2,1-2H3. The topological polar surface area (TPSA) is 39.3 Å². The molecular formula is C22H24Cl3FN4O2. The zero-order valence-corrected chi connectivity index (χ0v) is 20.0. The normalized spacial score (nSPS) is 22.6. The lowest BCUT2D eigenvalue weighted by Crippen LogP contribution is -2.52. The number of carbonyl (C=O) groups is 1. The van der Waals surface area contributed by atoms with Crippen LogP contribution in [0.25, 0.3) is 0 Å². The number of nitrogens with zero attached hydrogens (tertiary/aromatic N) is 4. The van der Waals surface area contributed by atoms with Gasteiger partial charge in [0.25, 0.3) is 5.91 Å². The Labute approximate surface area is 201 Å². The second kappa shape index (κ2) is 9.61. The number of hydrogen-bond acceptors (Lipinski definition) is 5. The van der Waals surface area contributed by atoms with Gasteiger partial charge in [-0.15, -0.1) is 11.6 Å². The lowest BCUT2D eigenvalue weighted by molar-refractivity contribution is -0.117. The van der Waals surface area contributed by atoms with E-state index in [-0.39, 0.29) is 17.0 Å². The Balaban J connectivity index is 1.42. The highest BCUT2D eigenvalue weighted by molar-refractivity contribution is 6.34. The quantitative estimate of drug-likeness (QED) is 0.576. The fourth-order valence-corrected chi connectivity index (χ4v) is 4.93. The van der Waals surface area contributed by atoms with Crippen molar-refractivity contribution >= 4 is 52.1 Å². The van der Waals surface area contributed by atoms with Crippen LogP contribution in [-0.2, 0) is 4.79 Å². The first-order valence-corrected chi connectivity index (χ1v) is 11.5. The summed E-state index contributed by atoms with van der Waals surface area (Å²) in [4.78, 5) is 17.4. The minimum atomic E-state index is -0.713.